The summed E-state index contributed by atoms with van der Waals surface area (Å²) in [5.74, 6) is -1.05. The van der Waals surface area contributed by atoms with Crippen LogP contribution in [0.15, 0.2) is 34.3 Å². The van der Waals surface area contributed by atoms with Crippen LogP contribution in [0, 0.1) is 25.2 Å². The van der Waals surface area contributed by atoms with Crippen molar-refractivity contribution in [2.24, 2.45) is 0 Å². The Balaban J connectivity index is 2.31. The van der Waals surface area contributed by atoms with Crippen LogP contribution >= 0.6 is 27.3 Å². The number of halogens is 1. The molecule has 0 aliphatic heterocycles. The fourth-order valence-electron chi connectivity index (χ4n) is 2.21. The van der Waals surface area contributed by atoms with E-state index in [0.717, 1.165) is 20.5 Å². The molecule has 1 heterocycles. The third-order valence-corrected chi connectivity index (χ3v) is 5.29. The first-order chi connectivity index (χ1) is 12.4. The fourth-order valence-corrected chi connectivity index (χ4v) is 3.52. The number of aryl methyl sites for hydroxylation is 1. The molecule has 0 saturated carbocycles. The minimum atomic E-state index is -0.567. The summed E-state index contributed by atoms with van der Waals surface area (Å²) in [6.07, 6.45) is 1.50. The Hall–Kier alpha value is -2.43. The van der Waals surface area contributed by atoms with Crippen LogP contribution in [0.3, 0.4) is 0 Å². The van der Waals surface area contributed by atoms with Gasteiger partial charge in [0.2, 0.25) is 0 Å². The van der Waals surface area contributed by atoms with E-state index < -0.39 is 11.9 Å². The monoisotopic (exact) mass is 432 g/mol. The van der Waals surface area contributed by atoms with Crippen molar-refractivity contribution in [1.29, 1.82) is 5.26 Å². The Morgan fingerprint density at radius 1 is 1.31 bits per heavy atom. The second-order valence-electron chi connectivity index (χ2n) is 5.38. The standard InChI is InChI=1S/C19H17BrN2O3S/c1-4-25-19(24)16-11(2)12(3)26-18(16)22-17(23)14(10-21)9-13-5-7-15(20)8-6-13/h5-9H,4H2,1-3H3,(H,22,23)/b14-9+. The molecule has 0 aliphatic rings. The molecule has 5 nitrogen and oxygen atoms in total. The summed E-state index contributed by atoms with van der Waals surface area (Å²) in [4.78, 5) is 25.6. The Morgan fingerprint density at radius 3 is 2.54 bits per heavy atom. The molecule has 134 valence electrons. The quantitative estimate of drug-likeness (QED) is 0.415. The van der Waals surface area contributed by atoms with Gasteiger partial charge in [0, 0.05) is 9.35 Å². The molecule has 2 rings (SSSR count). The van der Waals surface area contributed by atoms with Crippen molar-refractivity contribution in [2.75, 3.05) is 11.9 Å². The molecule has 1 aromatic heterocycles. The highest BCUT2D eigenvalue weighted by Crippen LogP contribution is 2.33. The SMILES string of the molecule is CCOC(=O)c1c(NC(=O)/C(C#N)=C/c2ccc(Br)cc2)sc(C)c1C. The van der Waals surface area contributed by atoms with Crippen LogP contribution in [0.2, 0.25) is 0 Å². The summed E-state index contributed by atoms with van der Waals surface area (Å²) in [6, 6.07) is 9.13. The zero-order valence-electron chi connectivity index (χ0n) is 14.6. The smallest absolute Gasteiger partial charge is 0.341 e. The second-order valence-corrected chi connectivity index (χ2v) is 7.52. The number of anilines is 1. The lowest BCUT2D eigenvalue weighted by molar-refractivity contribution is -0.112. The van der Waals surface area contributed by atoms with Gasteiger partial charge in [-0.15, -0.1) is 11.3 Å². The van der Waals surface area contributed by atoms with Gasteiger partial charge in [-0.25, -0.2) is 4.79 Å². The lowest BCUT2D eigenvalue weighted by Crippen LogP contribution is -2.16. The number of nitrogens with zero attached hydrogens (tertiary/aromatic N) is 1. The summed E-state index contributed by atoms with van der Waals surface area (Å²) >= 11 is 4.62. The van der Waals surface area contributed by atoms with Gasteiger partial charge in [-0.3, -0.25) is 4.79 Å². The Kier molecular flexibility index (Phi) is 6.72. The Labute approximate surface area is 164 Å². The number of nitrogens with one attached hydrogen (secondary N) is 1. The molecule has 0 fully saturated rings. The molecule has 0 bridgehead atoms. The van der Waals surface area contributed by atoms with Gasteiger partial charge >= 0.3 is 5.97 Å². The van der Waals surface area contributed by atoms with Crippen molar-refractivity contribution in [2.45, 2.75) is 20.8 Å². The van der Waals surface area contributed by atoms with Gasteiger partial charge in [0.1, 0.15) is 16.6 Å². The molecule has 0 spiro atoms. The Bertz CT molecular complexity index is 908. The van der Waals surface area contributed by atoms with Crippen molar-refractivity contribution in [3.63, 3.8) is 0 Å². The summed E-state index contributed by atoms with van der Waals surface area (Å²) in [6.45, 7) is 5.63. The van der Waals surface area contributed by atoms with Crippen LogP contribution in [0.1, 0.15) is 33.3 Å². The van der Waals surface area contributed by atoms with E-state index in [-0.39, 0.29) is 12.2 Å². The van der Waals surface area contributed by atoms with Crippen LogP contribution < -0.4 is 5.32 Å². The summed E-state index contributed by atoms with van der Waals surface area (Å²) < 4.78 is 5.97. The molecule has 0 atom stereocenters. The van der Waals surface area contributed by atoms with Gasteiger partial charge in [0.15, 0.2) is 0 Å². The number of benzene rings is 1. The third kappa shape index (κ3) is 4.59. The zero-order valence-corrected chi connectivity index (χ0v) is 17.0. The van der Waals surface area contributed by atoms with Crippen molar-refractivity contribution in [1.82, 2.24) is 0 Å². The van der Waals surface area contributed by atoms with Crippen LogP contribution in [-0.2, 0) is 9.53 Å². The number of esters is 1. The van der Waals surface area contributed by atoms with E-state index in [1.165, 1.54) is 17.4 Å². The summed E-state index contributed by atoms with van der Waals surface area (Å²) in [5, 5.41) is 12.4. The molecule has 0 unspecified atom stereocenters. The van der Waals surface area contributed by atoms with Crippen LogP contribution in [0.5, 0.6) is 0 Å². The van der Waals surface area contributed by atoms with E-state index in [1.807, 2.05) is 25.1 Å². The van der Waals surface area contributed by atoms with Gasteiger partial charge in [-0.2, -0.15) is 5.26 Å². The molecule has 0 saturated heterocycles. The lowest BCUT2D eigenvalue weighted by Gasteiger charge is -2.07. The number of ether oxygens (including phenoxy) is 1. The third-order valence-electron chi connectivity index (χ3n) is 3.64. The Morgan fingerprint density at radius 2 is 1.96 bits per heavy atom. The van der Waals surface area contributed by atoms with E-state index in [1.54, 1.807) is 26.0 Å². The van der Waals surface area contributed by atoms with Gasteiger partial charge < -0.3 is 10.1 Å². The summed E-state index contributed by atoms with van der Waals surface area (Å²) in [7, 11) is 0. The fraction of sp³-hybridized carbons (Fsp3) is 0.211. The highest BCUT2D eigenvalue weighted by atomic mass is 79.9. The van der Waals surface area contributed by atoms with Crippen molar-refractivity contribution in [3.8, 4) is 6.07 Å². The molecular formula is C19H17BrN2O3S. The van der Waals surface area contributed by atoms with Gasteiger partial charge in [-0.1, -0.05) is 28.1 Å². The van der Waals surface area contributed by atoms with Gasteiger partial charge in [0.05, 0.1) is 12.2 Å². The molecule has 7 heteroatoms. The largest absolute Gasteiger partial charge is 0.462 e. The van der Waals surface area contributed by atoms with E-state index in [2.05, 4.69) is 21.2 Å². The van der Waals surface area contributed by atoms with Crippen LogP contribution in [-0.4, -0.2) is 18.5 Å². The molecule has 1 amide bonds. The van der Waals surface area contributed by atoms with E-state index in [0.29, 0.717) is 10.6 Å². The number of carbonyl (C=O) groups excluding carboxylic acids is 2. The predicted octanol–water partition coefficient (Wildman–Crippen LogP) is 4.85. The van der Waals surface area contributed by atoms with E-state index in [9.17, 15) is 14.9 Å². The van der Waals surface area contributed by atoms with E-state index >= 15 is 0 Å². The number of thiophene rings is 1. The van der Waals surface area contributed by atoms with Gasteiger partial charge in [0.25, 0.3) is 5.91 Å². The van der Waals surface area contributed by atoms with Crippen molar-refractivity contribution in [3.05, 3.63) is 55.9 Å². The first-order valence-electron chi connectivity index (χ1n) is 7.83. The number of hydrogen-bond acceptors (Lipinski definition) is 5. The zero-order chi connectivity index (χ0) is 19.3. The molecule has 26 heavy (non-hydrogen) atoms. The first-order valence-corrected chi connectivity index (χ1v) is 9.44. The minimum Gasteiger partial charge on any atom is -0.462 e. The van der Waals surface area contributed by atoms with Crippen molar-refractivity contribution >= 4 is 50.2 Å². The van der Waals surface area contributed by atoms with Crippen LogP contribution in [0.25, 0.3) is 6.08 Å². The molecule has 0 radical (unpaired) electrons. The normalized spacial score (nSPS) is 11.0. The average Bonchev–Trinajstić information content (AvgIpc) is 2.88. The molecule has 2 aromatic rings. The predicted molar refractivity (Wildman–Crippen MR) is 106 cm³/mol. The minimum absolute atomic E-state index is 0.0502. The van der Waals surface area contributed by atoms with Crippen LogP contribution in [0.4, 0.5) is 5.00 Å². The number of carbonyl (C=O) groups is 2. The maximum absolute atomic E-state index is 12.5. The van der Waals surface area contributed by atoms with Gasteiger partial charge in [-0.05, 0) is 50.1 Å². The topological polar surface area (TPSA) is 79.2 Å². The maximum Gasteiger partial charge on any atom is 0.341 e. The highest BCUT2D eigenvalue weighted by Gasteiger charge is 2.23. The highest BCUT2D eigenvalue weighted by molar-refractivity contribution is 9.10. The van der Waals surface area contributed by atoms with E-state index in [4.69, 9.17) is 4.74 Å². The lowest BCUT2D eigenvalue weighted by atomic mass is 10.1. The maximum atomic E-state index is 12.5. The molecular weight excluding hydrogens is 416 g/mol. The number of nitriles is 1. The molecule has 1 aromatic carbocycles. The average molecular weight is 433 g/mol. The first kappa shape index (κ1) is 19.9. The number of rotatable bonds is 5. The summed E-state index contributed by atoms with van der Waals surface area (Å²) in [5.41, 5.74) is 1.78. The number of hydrogen-bond donors (Lipinski definition) is 1. The second kappa shape index (κ2) is 8.79. The molecule has 1 N–H and O–H groups in total. The molecule has 0 aliphatic carbocycles. The number of amides is 1. The van der Waals surface area contributed by atoms with Crippen molar-refractivity contribution < 1.29 is 14.3 Å².